The summed E-state index contributed by atoms with van der Waals surface area (Å²) < 4.78 is 0. The third kappa shape index (κ3) is 2.63. The number of aliphatic carboxylic acids is 1. The van der Waals surface area contributed by atoms with E-state index in [4.69, 9.17) is 0 Å². The summed E-state index contributed by atoms with van der Waals surface area (Å²) in [5.41, 5.74) is -0.596. The molecule has 2 rings (SSSR count). The van der Waals surface area contributed by atoms with Gasteiger partial charge < -0.3 is 10.0 Å². The summed E-state index contributed by atoms with van der Waals surface area (Å²) in [5, 5.41) is 9.57. The Morgan fingerprint density at radius 1 is 1.18 bits per heavy atom. The van der Waals surface area contributed by atoms with E-state index in [0.29, 0.717) is 0 Å². The Morgan fingerprint density at radius 2 is 1.82 bits per heavy atom. The predicted molar refractivity (Wildman–Crippen MR) is 67.1 cm³/mol. The highest BCUT2D eigenvalue weighted by Gasteiger charge is 2.43. The Labute approximate surface area is 104 Å². The van der Waals surface area contributed by atoms with Crippen molar-refractivity contribution in [3.8, 4) is 0 Å². The molecule has 0 spiro atoms. The van der Waals surface area contributed by atoms with Crippen molar-refractivity contribution in [2.24, 2.45) is 0 Å². The number of likely N-dealkylation sites (N-methyl/N-ethyl adjacent to an activating group) is 1. The highest BCUT2D eigenvalue weighted by atomic mass is 16.4. The highest BCUT2D eigenvalue weighted by molar-refractivity contribution is 5.78. The monoisotopic (exact) mass is 240 g/mol. The third-order valence-corrected chi connectivity index (χ3v) is 4.50. The summed E-state index contributed by atoms with van der Waals surface area (Å²) in [7, 11) is 1.97. The Balaban J connectivity index is 1.97. The maximum atomic E-state index is 11.6. The summed E-state index contributed by atoms with van der Waals surface area (Å²) in [6.45, 7) is 4.17. The van der Waals surface area contributed by atoms with E-state index >= 15 is 0 Å². The number of nitrogens with zero attached hydrogens (tertiary/aromatic N) is 2. The van der Waals surface area contributed by atoms with E-state index < -0.39 is 11.5 Å². The first kappa shape index (κ1) is 12.8. The van der Waals surface area contributed by atoms with Gasteiger partial charge >= 0.3 is 5.97 Å². The molecule has 2 heterocycles. The van der Waals surface area contributed by atoms with E-state index in [-0.39, 0.29) is 0 Å². The summed E-state index contributed by atoms with van der Waals surface area (Å²) in [6, 6.07) is 0. The molecule has 1 N–H and O–H groups in total. The molecule has 1 atom stereocenters. The van der Waals surface area contributed by atoms with Crippen molar-refractivity contribution in [2.75, 3.05) is 33.2 Å². The first-order valence-corrected chi connectivity index (χ1v) is 6.82. The normalized spacial score (nSPS) is 31.8. The van der Waals surface area contributed by atoms with Crippen LogP contribution in [0, 0.1) is 0 Å². The van der Waals surface area contributed by atoms with Gasteiger partial charge in [0.05, 0.1) is 0 Å². The number of carboxylic acid groups (broad SMARTS) is 1. The zero-order valence-corrected chi connectivity index (χ0v) is 10.8. The van der Waals surface area contributed by atoms with Crippen molar-refractivity contribution < 1.29 is 9.90 Å². The SMILES string of the molecule is CN1CCCCC1(CCN1CCCC1)C(=O)O. The number of carboxylic acids is 1. The van der Waals surface area contributed by atoms with Gasteiger partial charge in [-0.15, -0.1) is 0 Å². The topological polar surface area (TPSA) is 43.8 Å². The average Bonchev–Trinajstić information content (AvgIpc) is 2.81. The van der Waals surface area contributed by atoms with Crippen molar-refractivity contribution in [1.29, 1.82) is 0 Å². The molecule has 98 valence electrons. The van der Waals surface area contributed by atoms with Crippen molar-refractivity contribution in [1.82, 2.24) is 9.80 Å². The van der Waals surface area contributed by atoms with Gasteiger partial charge in [-0.3, -0.25) is 9.69 Å². The molecule has 4 nitrogen and oxygen atoms in total. The van der Waals surface area contributed by atoms with Gasteiger partial charge in [-0.1, -0.05) is 0 Å². The average molecular weight is 240 g/mol. The second-order valence-corrected chi connectivity index (χ2v) is 5.51. The number of hydrogen-bond donors (Lipinski definition) is 1. The smallest absolute Gasteiger partial charge is 0.324 e. The van der Waals surface area contributed by atoms with Crippen molar-refractivity contribution in [3.63, 3.8) is 0 Å². The largest absolute Gasteiger partial charge is 0.480 e. The number of likely N-dealkylation sites (tertiary alicyclic amines) is 2. The van der Waals surface area contributed by atoms with Gasteiger partial charge in [0.2, 0.25) is 0 Å². The second-order valence-electron chi connectivity index (χ2n) is 5.51. The number of carbonyl (C=O) groups is 1. The lowest BCUT2D eigenvalue weighted by molar-refractivity contribution is -0.154. The predicted octanol–water partition coefficient (Wildman–Crippen LogP) is 1.41. The fourth-order valence-corrected chi connectivity index (χ4v) is 3.21. The molecule has 0 aromatic heterocycles. The minimum atomic E-state index is -0.626. The maximum absolute atomic E-state index is 11.6. The lowest BCUT2D eigenvalue weighted by Gasteiger charge is -2.42. The molecule has 1 unspecified atom stereocenters. The van der Waals surface area contributed by atoms with Crippen LogP contribution in [-0.2, 0) is 4.79 Å². The van der Waals surface area contributed by atoms with Crippen molar-refractivity contribution in [3.05, 3.63) is 0 Å². The van der Waals surface area contributed by atoms with Crippen molar-refractivity contribution >= 4 is 5.97 Å². The Morgan fingerprint density at radius 3 is 2.41 bits per heavy atom. The van der Waals surface area contributed by atoms with Crippen LogP contribution >= 0.6 is 0 Å². The zero-order chi connectivity index (χ0) is 12.3. The second kappa shape index (κ2) is 5.36. The van der Waals surface area contributed by atoms with Gasteiger partial charge in [-0.25, -0.2) is 0 Å². The number of hydrogen-bond acceptors (Lipinski definition) is 3. The third-order valence-electron chi connectivity index (χ3n) is 4.50. The zero-order valence-electron chi connectivity index (χ0n) is 10.8. The van der Waals surface area contributed by atoms with E-state index in [1.165, 1.54) is 12.8 Å². The molecule has 2 saturated heterocycles. The number of piperidine rings is 1. The quantitative estimate of drug-likeness (QED) is 0.807. The van der Waals surface area contributed by atoms with Gasteiger partial charge in [-0.2, -0.15) is 0 Å². The van der Waals surface area contributed by atoms with Crippen LogP contribution in [0.1, 0.15) is 38.5 Å². The molecular formula is C13H24N2O2. The molecule has 0 radical (unpaired) electrons. The van der Waals surface area contributed by atoms with Crippen LogP contribution in [0.3, 0.4) is 0 Å². The Bertz CT molecular complexity index is 277. The van der Waals surface area contributed by atoms with E-state index in [9.17, 15) is 9.90 Å². The van der Waals surface area contributed by atoms with Crippen LogP contribution in [0.2, 0.25) is 0 Å². The summed E-state index contributed by atoms with van der Waals surface area (Å²) in [5.74, 6) is -0.626. The fraction of sp³-hybridized carbons (Fsp3) is 0.923. The summed E-state index contributed by atoms with van der Waals surface area (Å²) >= 11 is 0. The molecule has 2 aliphatic heterocycles. The highest BCUT2D eigenvalue weighted by Crippen LogP contribution is 2.31. The molecule has 2 fully saturated rings. The first-order chi connectivity index (χ1) is 8.15. The molecule has 0 aromatic carbocycles. The van der Waals surface area contributed by atoms with Gasteiger partial charge in [0, 0.05) is 6.54 Å². The summed E-state index contributed by atoms with van der Waals surface area (Å²) in [6.07, 6.45) is 6.32. The maximum Gasteiger partial charge on any atom is 0.324 e. The van der Waals surface area contributed by atoms with E-state index in [1.807, 2.05) is 7.05 Å². The van der Waals surface area contributed by atoms with E-state index in [0.717, 1.165) is 51.9 Å². The van der Waals surface area contributed by atoms with Crippen LogP contribution < -0.4 is 0 Å². The van der Waals surface area contributed by atoms with Crippen molar-refractivity contribution in [2.45, 2.75) is 44.1 Å². The molecule has 4 heteroatoms. The van der Waals surface area contributed by atoms with E-state index in [2.05, 4.69) is 9.80 Å². The fourth-order valence-electron chi connectivity index (χ4n) is 3.21. The molecule has 0 saturated carbocycles. The first-order valence-electron chi connectivity index (χ1n) is 6.82. The minimum Gasteiger partial charge on any atom is -0.480 e. The molecular weight excluding hydrogens is 216 g/mol. The molecule has 0 amide bonds. The van der Waals surface area contributed by atoms with Crippen LogP contribution in [0.25, 0.3) is 0 Å². The van der Waals surface area contributed by atoms with E-state index in [1.54, 1.807) is 0 Å². The van der Waals surface area contributed by atoms with Crippen LogP contribution in [0.5, 0.6) is 0 Å². The molecule has 17 heavy (non-hydrogen) atoms. The molecule has 2 aliphatic rings. The van der Waals surface area contributed by atoms with Crippen LogP contribution in [0.4, 0.5) is 0 Å². The van der Waals surface area contributed by atoms with Gasteiger partial charge in [0.1, 0.15) is 5.54 Å². The standard InChI is InChI=1S/C13H24N2O2/c1-14-8-3-2-6-13(14,12(16)17)7-11-15-9-4-5-10-15/h2-11H2,1H3,(H,16,17). The van der Waals surface area contributed by atoms with Gasteiger partial charge in [0.25, 0.3) is 0 Å². The molecule has 0 aromatic rings. The molecule has 0 bridgehead atoms. The number of rotatable bonds is 4. The Hall–Kier alpha value is -0.610. The lowest BCUT2D eigenvalue weighted by atomic mass is 9.84. The van der Waals surface area contributed by atoms with Crippen LogP contribution in [-0.4, -0.2) is 59.6 Å². The Kier molecular flexibility index (Phi) is 4.05. The lowest BCUT2D eigenvalue weighted by Crippen LogP contribution is -2.56. The van der Waals surface area contributed by atoms with Gasteiger partial charge in [-0.05, 0) is 65.2 Å². The minimum absolute atomic E-state index is 0.596. The summed E-state index contributed by atoms with van der Waals surface area (Å²) in [4.78, 5) is 16.1. The van der Waals surface area contributed by atoms with Crippen LogP contribution in [0.15, 0.2) is 0 Å². The van der Waals surface area contributed by atoms with Gasteiger partial charge in [0.15, 0.2) is 0 Å². The molecule has 0 aliphatic carbocycles.